The number of imidazole rings is 1. The summed E-state index contributed by atoms with van der Waals surface area (Å²) in [5, 5.41) is 11.1. The van der Waals surface area contributed by atoms with E-state index in [0.717, 1.165) is 35.1 Å². The van der Waals surface area contributed by atoms with Gasteiger partial charge in [-0.15, -0.1) is 0 Å². The number of phenols is 1. The second-order valence-corrected chi connectivity index (χ2v) is 8.44. The molecule has 4 aromatic rings. The Morgan fingerprint density at radius 2 is 1.90 bits per heavy atom. The molecule has 2 aromatic heterocycles. The first-order valence-electron chi connectivity index (χ1n) is 9.88. The van der Waals surface area contributed by atoms with E-state index in [9.17, 15) is 19.5 Å². The molecule has 2 aromatic carbocycles. The van der Waals surface area contributed by atoms with Gasteiger partial charge >= 0.3 is 7.82 Å². The molecule has 0 atom stereocenters. The maximum absolute atomic E-state index is 11.5. The first kappa shape index (κ1) is 21.1. The van der Waals surface area contributed by atoms with E-state index in [-0.39, 0.29) is 18.0 Å². The first-order valence-corrected chi connectivity index (χ1v) is 11.4. The van der Waals surface area contributed by atoms with Gasteiger partial charge in [0, 0.05) is 17.4 Å². The number of nitrogens with two attached hydrogens (primary N) is 1. The predicted molar refractivity (Wildman–Crippen MR) is 118 cm³/mol. The number of phosphoric acid groups is 1. The van der Waals surface area contributed by atoms with Gasteiger partial charge in [-0.1, -0.05) is 43.7 Å². The highest BCUT2D eigenvalue weighted by Gasteiger charge is 2.23. The number of pyridine rings is 1. The zero-order valence-corrected chi connectivity index (χ0v) is 17.8. The fourth-order valence-electron chi connectivity index (χ4n) is 3.69. The van der Waals surface area contributed by atoms with E-state index in [1.54, 1.807) is 12.1 Å². The van der Waals surface area contributed by atoms with Gasteiger partial charge in [-0.25, -0.2) is 14.5 Å². The average Bonchev–Trinajstić information content (AvgIpc) is 3.07. The normalized spacial score (nSPS) is 12.0. The van der Waals surface area contributed by atoms with Gasteiger partial charge in [0.25, 0.3) is 0 Å². The molecule has 0 unspecified atom stereocenters. The molecular formula is C21H23N4O5P. The lowest BCUT2D eigenvalue weighted by Crippen LogP contribution is -2.07. The van der Waals surface area contributed by atoms with Crippen LogP contribution in [0, 0.1) is 0 Å². The standard InChI is InChI=1S/C21H23N4O5P/c1-2-3-11-17-24-18-19(14-8-4-5-9-15(14)23-21(18)22)25(17)12-13-7-6-10-16(26)20(13)30-31(27,28)29/h4-10,26H,2-3,11-12H2,1H3,(H2,22,23)(H2,27,28,29). The third-order valence-electron chi connectivity index (χ3n) is 5.06. The van der Waals surface area contributed by atoms with Crippen LogP contribution in [0.25, 0.3) is 21.9 Å². The molecule has 31 heavy (non-hydrogen) atoms. The Kier molecular flexibility index (Phi) is 5.58. The number of phenolic OH excluding ortho intramolecular Hbond substituents is 1. The van der Waals surface area contributed by atoms with Crippen LogP contribution < -0.4 is 10.3 Å². The summed E-state index contributed by atoms with van der Waals surface area (Å²) in [5.74, 6) is 0.469. The van der Waals surface area contributed by atoms with Gasteiger partial charge in [-0.2, -0.15) is 0 Å². The van der Waals surface area contributed by atoms with Crippen LogP contribution in [-0.2, 0) is 17.5 Å². The van der Waals surface area contributed by atoms with E-state index < -0.39 is 7.82 Å². The summed E-state index contributed by atoms with van der Waals surface area (Å²) in [6.07, 6.45) is 2.56. The number of nitrogens with zero attached hydrogens (tertiary/aromatic N) is 3. The molecule has 0 aliphatic carbocycles. The second kappa shape index (κ2) is 8.19. The highest BCUT2D eigenvalue weighted by atomic mass is 31.2. The first-order chi connectivity index (χ1) is 14.8. The zero-order valence-electron chi connectivity index (χ0n) is 16.9. The van der Waals surface area contributed by atoms with Gasteiger partial charge in [-0.05, 0) is 18.6 Å². The van der Waals surface area contributed by atoms with Gasteiger partial charge in [0.05, 0.1) is 17.6 Å². The molecule has 0 amide bonds. The maximum Gasteiger partial charge on any atom is 0.524 e. The van der Waals surface area contributed by atoms with Crippen molar-refractivity contribution < 1.29 is 24.0 Å². The summed E-state index contributed by atoms with van der Waals surface area (Å²) in [6.45, 7) is 2.26. The Balaban J connectivity index is 1.95. The van der Waals surface area contributed by atoms with Crippen molar-refractivity contribution in [2.75, 3.05) is 5.73 Å². The van der Waals surface area contributed by atoms with E-state index >= 15 is 0 Å². The summed E-state index contributed by atoms with van der Waals surface area (Å²) in [4.78, 5) is 27.8. The van der Waals surface area contributed by atoms with Crippen LogP contribution in [0.2, 0.25) is 0 Å². The topological polar surface area (TPSA) is 144 Å². The summed E-state index contributed by atoms with van der Waals surface area (Å²) >= 11 is 0. The highest BCUT2D eigenvalue weighted by Crippen LogP contribution is 2.44. The number of aryl methyl sites for hydroxylation is 1. The summed E-state index contributed by atoms with van der Waals surface area (Å²) < 4.78 is 18.2. The van der Waals surface area contributed by atoms with Crippen molar-refractivity contribution in [3.8, 4) is 11.5 Å². The number of nitrogen functional groups attached to an aromatic ring is 1. The van der Waals surface area contributed by atoms with Crippen molar-refractivity contribution in [3.63, 3.8) is 0 Å². The minimum atomic E-state index is -4.87. The fraction of sp³-hybridized carbons (Fsp3) is 0.238. The number of benzene rings is 2. The molecule has 0 aliphatic heterocycles. The molecule has 0 fully saturated rings. The number of para-hydroxylation sites is 2. The molecule has 0 radical (unpaired) electrons. The molecule has 0 bridgehead atoms. The van der Waals surface area contributed by atoms with Gasteiger partial charge in [0.15, 0.2) is 17.3 Å². The molecule has 4 rings (SSSR count). The van der Waals surface area contributed by atoms with Gasteiger partial charge < -0.3 is 19.9 Å². The number of unbranched alkanes of at least 4 members (excludes halogenated alkanes) is 1. The fourth-order valence-corrected chi connectivity index (χ4v) is 4.14. The smallest absolute Gasteiger partial charge is 0.504 e. The zero-order chi connectivity index (χ0) is 22.2. The lowest BCUT2D eigenvalue weighted by atomic mass is 10.1. The van der Waals surface area contributed by atoms with E-state index in [0.29, 0.717) is 23.3 Å². The minimum Gasteiger partial charge on any atom is -0.504 e. The quantitative estimate of drug-likeness (QED) is 0.317. The van der Waals surface area contributed by atoms with Crippen LogP contribution in [0.1, 0.15) is 31.2 Å². The van der Waals surface area contributed by atoms with E-state index in [1.165, 1.54) is 6.07 Å². The number of fused-ring (bicyclic) bond motifs is 3. The molecule has 5 N–H and O–H groups in total. The Labute approximate surface area is 178 Å². The number of rotatable bonds is 7. The molecule has 162 valence electrons. The summed E-state index contributed by atoms with van der Waals surface area (Å²) in [7, 11) is -4.87. The molecular weight excluding hydrogens is 419 g/mol. The molecule has 0 spiro atoms. The third-order valence-corrected chi connectivity index (χ3v) is 5.48. The Morgan fingerprint density at radius 1 is 1.13 bits per heavy atom. The highest BCUT2D eigenvalue weighted by molar-refractivity contribution is 7.46. The molecule has 9 nitrogen and oxygen atoms in total. The average molecular weight is 442 g/mol. The van der Waals surface area contributed by atoms with Crippen LogP contribution in [0.5, 0.6) is 11.5 Å². The summed E-state index contributed by atoms with van der Waals surface area (Å²) in [6, 6.07) is 12.1. The third kappa shape index (κ3) is 4.20. The largest absolute Gasteiger partial charge is 0.524 e. The van der Waals surface area contributed by atoms with Gasteiger partial charge in [0.1, 0.15) is 11.3 Å². The number of anilines is 1. The molecule has 2 heterocycles. The second-order valence-electron chi connectivity index (χ2n) is 7.28. The molecule has 0 saturated carbocycles. The van der Waals surface area contributed by atoms with Crippen LogP contribution in [0.4, 0.5) is 5.82 Å². The number of hydrogen-bond donors (Lipinski definition) is 4. The Morgan fingerprint density at radius 3 is 2.65 bits per heavy atom. The number of phosphoric ester groups is 1. The SMILES string of the molecule is CCCCc1nc2c(N)nc3ccccc3c2n1Cc1cccc(O)c1OP(=O)(O)O. The Bertz CT molecular complexity index is 1310. The summed E-state index contributed by atoms with van der Waals surface area (Å²) in [5.41, 5.74) is 8.68. The lowest BCUT2D eigenvalue weighted by molar-refractivity contribution is 0.276. The lowest BCUT2D eigenvalue weighted by Gasteiger charge is -2.16. The number of aromatic hydroxyl groups is 1. The van der Waals surface area contributed by atoms with Crippen LogP contribution >= 0.6 is 7.82 Å². The van der Waals surface area contributed by atoms with Gasteiger partial charge in [-0.3, -0.25) is 9.79 Å². The number of aromatic nitrogens is 3. The van der Waals surface area contributed by atoms with Crippen molar-refractivity contribution in [1.82, 2.24) is 14.5 Å². The van der Waals surface area contributed by atoms with Crippen molar-refractivity contribution >= 4 is 35.6 Å². The van der Waals surface area contributed by atoms with Crippen molar-refractivity contribution in [3.05, 3.63) is 53.9 Å². The van der Waals surface area contributed by atoms with Crippen LogP contribution in [-0.4, -0.2) is 29.4 Å². The molecule has 0 saturated heterocycles. The predicted octanol–water partition coefficient (Wildman–Crippen LogP) is 3.73. The maximum atomic E-state index is 11.5. The van der Waals surface area contributed by atoms with Crippen molar-refractivity contribution in [1.29, 1.82) is 0 Å². The molecule has 10 heteroatoms. The van der Waals surface area contributed by atoms with Crippen molar-refractivity contribution in [2.45, 2.75) is 32.7 Å². The monoisotopic (exact) mass is 442 g/mol. The molecule has 0 aliphatic rings. The van der Waals surface area contributed by atoms with E-state index in [1.807, 2.05) is 28.8 Å². The minimum absolute atomic E-state index is 0.173. The Hall–Kier alpha value is -3.13. The van der Waals surface area contributed by atoms with Crippen LogP contribution in [0.3, 0.4) is 0 Å². The van der Waals surface area contributed by atoms with Crippen LogP contribution in [0.15, 0.2) is 42.5 Å². The number of hydrogen-bond acceptors (Lipinski definition) is 6. The van der Waals surface area contributed by atoms with Gasteiger partial charge in [0.2, 0.25) is 0 Å². The van der Waals surface area contributed by atoms with Crippen molar-refractivity contribution in [2.24, 2.45) is 0 Å². The van der Waals surface area contributed by atoms with E-state index in [2.05, 4.69) is 11.9 Å². The van der Waals surface area contributed by atoms with E-state index in [4.69, 9.17) is 15.2 Å².